The highest BCUT2D eigenvalue weighted by molar-refractivity contribution is 5.58. The number of rotatable bonds is 6. The van der Waals surface area contributed by atoms with Gasteiger partial charge in [-0.05, 0) is 43.0 Å². The van der Waals surface area contributed by atoms with Crippen molar-refractivity contribution in [3.63, 3.8) is 0 Å². The Hall–Kier alpha value is -1.23. The number of nitrogens with one attached hydrogen (secondary N) is 1. The zero-order valence-corrected chi connectivity index (χ0v) is 11.8. The smallest absolute Gasteiger partial charge is 0.374 e. The summed E-state index contributed by atoms with van der Waals surface area (Å²) in [6, 6.07) is 6.41. The number of benzene rings is 1. The largest absolute Gasteiger partial charge is 0.389 e. The summed E-state index contributed by atoms with van der Waals surface area (Å²) >= 11 is 0. The van der Waals surface area contributed by atoms with Crippen molar-refractivity contribution in [2.75, 3.05) is 25.0 Å². The minimum Gasteiger partial charge on any atom is -0.374 e. The van der Waals surface area contributed by atoms with E-state index in [0.29, 0.717) is 13.0 Å². The molecule has 1 aliphatic heterocycles. The average Bonchev–Trinajstić information content (AvgIpc) is 2.74. The third kappa shape index (κ3) is 4.40. The number of unbranched alkanes of at least 4 members (excludes halogenated alkanes) is 1. The number of fused-ring (bicyclic) bond motifs is 1. The van der Waals surface area contributed by atoms with Crippen LogP contribution in [0.1, 0.15) is 30.4 Å². The molecule has 1 heterocycles. The number of halogens is 3. The lowest BCUT2D eigenvalue weighted by Gasteiger charge is -2.12. The van der Waals surface area contributed by atoms with Crippen molar-refractivity contribution in [3.05, 3.63) is 29.3 Å². The van der Waals surface area contributed by atoms with Gasteiger partial charge in [0, 0.05) is 32.2 Å². The van der Waals surface area contributed by atoms with Crippen molar-refractivity contribution in [2.45, 2.75) is 38.4 Å². The lowest BCUT2D eigenvalue weighted by Crippen LogP contribution is -2.16. The predicted octanol–water partition coefficient (Wildman–Crippen LogP) is 3.50. The van der Waals surface area contributed by atoms with Gasteiger partial charge in [-0.15, -0.1) is 0 Å². The van der Waals surface area contributed by atoms with Crippen LogP contribution in [0.2, 0.25) is 0 Å². The molecule has 0 bridgehead atoms. The van der Waals surface area contributed by atoms with E-state index < -0.39 is 12.6 Å². The first-order valence-electron chi connectivity index (χ1n) is 7.06. The second kappa shape index (κ2) is 6.48. The van der Waals surface area contributed by atoms with E-state index in [-0.39, 0.29) is 6.42 Å². The Kier molecular flexibility index (Phi) is 4.91. The third-order valence-electron chi connectivity index (χ3n) is 3.66. The molecule has 5 heteroatoms. The van der Waals surface area contributed by atoms with Crippen LogP contribution >= 0.6 is 0 Å². The summed E-state index contributed by atoms with van der Waals surface area (Å²) in [6.07, 6.45) is -2.87. The van der Waals surface area contributed by atoms with Crippen molar-refractivity contribution >= 4 is 5.69 Å². The molecule has 1 aromatic carbocycles. The molecule has 0 aromatic heterocycles. The number of hydrogen-bond acceptors (Lipinski definition) is 2. The van der Waals surface area contributed by atoms with Crippen LogP contribution in [0.15, 0.2) is 18.2 Å². The molecular formula is C15H21F3N2. The topological polar surface area (TPSA) is 15.3 Å². The summed E-state index contributed by atoms with van der Waals surface area (Å²) in [5.41, 5.74) is 3.86. The van der Waals surface area contributed by atoms with Crippen LogP contribution < -0.4 is 10.2 Å². The van der Waals surface area contributed by atoms with Gasteiger partial charge in [0.15, 0.2) is 0 Å². The third-order valence-corrected chi connectivity index (χ3v) is 3.66. The van der Waals surface area contributed by atoms with E-state index in [1.54, 1.807) is 0 Å². The molecule has 0 fully saturated rings. The Morgan fingerprint density at radius 2 is 2.05 bits per heavy atom. The molecule has 1 N–H and O–H groups in total. The first-order chi connectivity index (χ1) is 9.46. The van der Waals surface area contributed by atoms with Crippen molar-refractivity contribution in [2.24, 2.45) is 0 Å². The molecule has 20 heavy (non-hydrogen) atoms. The Bertz CT molecular complexity index is 443. The molecule has 0 atom stereocenters. The van der Waals surface area contributed by atoms with Gasteiger partial charge in [0.25, 0.3) is 0 Å². The monoisotopic (exact) mass is 286 g/mol. The van der Waals surface area contributed by atoms with Crippen LogP contribution in [-0.4, -0.2) is 26.3 Å². The maximum Gasteiger partial charge on any atom is 0.389 e. The first kappa shape index (κ1) is 15.2. The van der Waals surface area contributed by atoms with Gasteiger partial charge in [-0.3, -0.25) is 0 Å². The van der Waals surface area contributed by atoms with Crippen LogP contribution in [0.25, 0.3) is 0 Å². The standard InChI is InChI=1S/C15H21F3N2/c1-20-9-6-13-10-12(4-5-14(13)20)11-19-8-3-2-7-15(16,17)18/h4-5,10,19H,2-3,6-9,11H2,1H3. The summed E-state index contributed by atoms with van der Waals surface area (Å²) in [6.45, 7) is 2.42. The van der Waals surface area contributed by atoms with Crippen molar-refractivity contribution in [1.29, 1.82) is 0 Å². The van der Waals surface area contributed by atoms with E-state index in [2.05, 4.69) is 35.5 Å². The number of anilines is 1. The molecule has 0 unspecified atom stereocenters. The van der Waals surface area contributed by atoms with E-state index >= 15 is 0 Å². The molecule has 0 aliphatic carbocycles. The van der Waals surface area contributed by atoms with Crippen LogP contribution in [0.5, 0.6) is 0 Å². The Morgan fingerprint density at radius 1 is 1.25 bits per heavy atom. The highest BCUT2D eigenvalue weighted by Crippen LogP contribution is 2.27. The Morgan fingerprint density at radius 3 is 2.80 bits per heavy atom. The van der Waals surface area contributed by atoms with E-state index in [9.17, 15) is 13.2 Å². The van der Waals surface area contributed by atoms with Gasteiger partial charge in [-0.25, -0.2) is 0 Å². The number of nitrogens with zero attached hydrogens (tertiary/aromatic N) is 1. The summed E-state index contributed by atoms with van der Waals surface area (Å²) in [5, 5.41) is 3.21. The normalized spacial score (nSPS) is 14.7. The van der Waals surface area contributed by atoms with Crippen molar-refractivity contribution in [1.82, 2.24) is 5.32 Å². The highest BCUT2D eigenvalue weighted by Gasteiger charge is 2.25. The van der Waals surface area contributed by atoms with Crippen LogP contribution in [0, 0.1) is 0 Å². The summed E-state index contributed by atoms with van der Waals surface area (Å²) in [7, 11) is 2.09. The molecule has 0 spiro atoms. The lowest BCUT2D eigenvalue weighted by molar-refractivity contribution is -0.135. The molecule has 1 aromatic rings. The molecule has 112 valence electrons. The number of alkyl halides is 3. The van der Waals surface area contributed by atoms with Gasteiger partial charge in [0.2, 0.25) is 0 Å². The fourth-order valence-electron chi connectivity index (χ4n) is 2.54. The van der Waals surface area contributed by atoms with E-state index in [0.717, 1.165) is 19.5 Å². The molecule has 1 aliphatic rings. The summed E-state index contributed by atoms with van der Waals surface area (Å²) in [5.74, 6) is 0. The number of likely N-dealkylation sites (N-methyl/N-ethyl adjacent to an activating group) is 1. The summed E-state index contributed by atoms with van der Waals surface area (Å²) in [4.78, 5) is 2.24. The fourth-order valence-corrected chi connectivity index (χ4v) is 2.54. The lowest BCUT2D eigenvalue weighted by atomic mass is 10.1. The second-order valence-electron chi connectivity index (χ2n) is 5.38. The minimum atomic E-state index is -4.02. The molecule has 0 saturated carbocycles. The predicted molar refractivity (Wildman–Crippen MR) is 75.0 cm³/mol. The van der Waals surface area contributed by atoms with E-state index in [1.165, 1.54) is 16.8 Å². The molecule has 0 saturated heterocycles. The molecule has 2 rings (SSSR count). The number of hydrogen-bond donors (Lipinski definition) is 1. The molecular weight excluding hydrogens is 265 g/mol. The quantitative estimate of drug-likeness (QED) is 0.805. The molecule has 0 amide bonds. The highest BCUT2D eigenvalue weighted by atomic mass is 19.4. The average molecular weight is 286 g/mol. The maximum atomic E-state index is 12.0. The van der Waals surface area contributed by atoms with Crippen molar-refractivity contribution in [3.8, 4) is 0 Å². The van der Waals surface area contributed by atoms with Gasteiger partial charge < -0.3 is 10.2 Å². The maximum absolute atomic E-state index is 12.0. The summed E-state index contributed by atoms with van der Waals surface area (Å²) < 4.78 is 35.9. The van der Waals surface area contributed by atoms with E-state index in [4.69, 9.17) is 0 Å². The van der Waals surface area contributed by atoms with Crippen molar-refractivity contribution < 1.29 is 13.2 Å². The van der Waals surface area contributed by atoms with E-state index in [1.807, 2.05) is 0 Å². The molecule has 0 radical (unpaired) electrons. The van der Waals surface area contributed by atoms with Gasteiger partial charge in [-0.1, -0.05) is 12.1 Å². The van der Waals surface area contributed by atoms with Gasteiger partial charge in [0.1, 0.15) is 0 Å². The van der Waals surface area contributed by atoms with Crippen LogP contribution in [0.4, 0.5) is 18.9 Å². The van der Waals surface area contributed by atoms with Crippen LogP contribution in [0.3, 0.4) is 0 Å². The zero-order chi connectivity index (χ0) is 14.6. The zero-order valence-electron chi connectivity index (χ0n) is 11.8. The van der Waals surface area contributed by atoms with Crippen LogP contribution in [-0.2, 0) is 13.0 Å². The first-order valence-corrected chi connectivity index (χ1v) is 7.06. The second-order valence-corrected chi connectivity index (χ2v) is 5.38. The molecule has 2 nitrogen and oxygen atoms in total. The Balaban J connectivity index is 1.68. The van der Waals surface area contributed by atoms with Gasteiger partial charge in [-0.2, -0.15) is 13.2 Å². The fraction of sp³-hybridized carbons (Fsp3) is 0.600. The van der Waals surface area contributed by atoms with Gasteiger partial charge in [0.05, 0.1) is 0 Å². The SMILES string of the molecule is CN1CCc2cc(CNCCCCC(F)(F)F)ccc21. The van der Waals surface area contributed by atoms with Gasteiger partial charge >= 0.3 is 6.18 Å². The minimum absolute atomic E-state index is 0.200. The Labute approximate surface area is 118 Å².